The van der Waals surface area contributed by atoms with E-state index in [-0.39, 0.29) is 11.4 Å². The van der Waals surface area contributed by atoms with Crippen molar-refractivity contribution in [2.24, 2.45) is 0 Å². The molecule has 4 rings (SSSR count). The van der Waals surface area contributed by atoms with Crippen LogP contribution < -0.4 is 5.56 Å². The molecule has 0 saturated heterocycles. The van der Waals surface area contributed by atoms with E-state index in [0.29, 0.717) is 22.9 Å². The molecule has 2 aromatic heterocycles. The lowest BCUT2D eigenvalue weighted by molar-refractivity contribution is 0.385. The molecule has 8 heteroatoms. The summed E-state index contributed by atoms with van der Waals surface area (Å²) in [5.74, 6) is 0.651. The molecule has 26 heavy (non-hydrogen) atoms. The van der Waals surface area contributed by atoms with Gasteiger partial charge in [-0.25, -0.2) is 0 Å². The van der Waals surface area contributed by atoms with Crippen molar-refractivity contribution in [1.82, 2.24) is 15.1 Å². The molecule has 1 N–H and O–H groups in total. The topological polar surface area (TPSA) is 71.8 Å². The first-order valence-corrected chi connectivity index (χ1v) is 9.55. The van der Waals surface area contributed by atoms with Gasteiger partial charge in [0.1, 0.15) is 0 Å². The third kappa shape index (κ3) is 3.47. The molecular weight excluding hydrogens is 485 g/mol. The summed E-state index contributed by atoms with van der Waals surface area (Å²) >= 11 is 12.9. The molecule has 0 aliphatic heterocycles. The Labute approximate surface area is 169 Å². The number of aromatic amines is 1. The van der Waals surface area contributed by atoms with Crippen LogP contribution >= 0.6 is 43.5 Å². The summed E-state index contributed by atoms with van der Waals surface area (Å²) in [7, 11) is 0. The normalized spacial score (nSPS) is 11.2. The van der Waals surface area contributed by atoms with Crippen molar-refractivity contribution in [3.8, 4) is 11.4 Å². The number of aromatic nitrogens is 3. The van der Waals surface area contributed by atoms with Crippen LogP contribution in [-0.4, -0.2) is 15.1 Å². The maximum Gasteiger partial charge on any atom is 0.259 e. The van der Waals surface area contributed by atoms with Gasteiger partial charge < -0.3 is 9.51 Å². The summed E-state index contributed by atoms with van der Waals surface area (Å²) in [5.41, 5.74) is 1.75. The van der Waals surface area contributed by atoms with E-state index in [2.05, 4.69) is 47.0 Å². The van der Waals surface area contributed by atoms with Gasteiger partial charge in [-0.1, -0.05) is 48.6 Å². The van der Waals surface area contributed by atoms with Crippen LogP contribution in [0.5, 0.6) is 0 Å². The van der Waals surface area contributed by atoms with Gasteiger partial charge in [-0.15, -0.1) is 0 Å². The van der Waals surface area contributed by atoms with Crippen molar-refractivity contribution in [3.63, 3.8) is 0 Å². The molecule has 130 valence electrons. The van der Waals surface area contributed by atoms with Crippen molar-refractivity contribution in [1.29, 1.82) is 0 Å². The first kappa shape index (κ1) is 17.5. The number of fused-ring (bicyclic) bond motifs is 1. The van der Waals surface area contributed by atoms with Gasteiger partial charge >= 0.3 is 0 Å². The molecule has 0 atom stereocenters. The van der Waals surface area contributed by atoms with Gasteiger partial charge in [0.15, 0.2) is 0 Å². The van der Waals surface area contributed by atoms with Crippen LogP contribution in [0.15, 0.2) is 60.7 Å². The number of nitrogens with one attached hydrogen (secondary N) is 1. The number of H-pyrrole nitrogens is 1. The summed E-state index contributed by atoms with van der Waals surface area (Å²) in [6.07, 6.45) is 0.408. The average Bonchev–Trinajstić information content (AvgIpc) is 3.06. The summed E-state index contributed by atoms with van der Waals surface area (Å²) in [4.78, 5) is 19.6. The van der Waals surface area contributed by atoms with Crippen LogP contribution in [0.3, 0.4) is 0 Å². The number of halogens is 3. The predicted molar refractivity (Wildman–Crippen MR) is 108 cm³/mol. The predicted octanol–water partition coefficient (Wildman–Crippen LogP) is 5.35. The molecule has 0 spiro atoms. The minimum Gasteiger partial charge on any atom is -0.339 e. The molecule has 2 aromatic carbocycles. The molecule has 0 unspecified atom stereocenters. The van der Waals surface area contributed by atoms with Crippen molar-refractivity contribution in [2.75, 3.05) is 0 Å². The largest absolute Gasteiger partial charge is 0.339 e. The highest BCUT2D eigenvalue weighted by molar-refractivity contribution is 9.10. The molecule has 5 nitrogen and oxygen atoms in total. The second-order valence-electron chi connectivity index (χ2n) is 5.67. The summed E-state index contributed by atoms with van der Waals surface area (Å²) in [6.45, 7) is 0. The average molecular weight is 496 g/mol. The number of rotatable bonds is 3. The summed E-state index contributed by atoms with van der Waals surface area (Å²) < 4.78 is 7.14. The van der Waals surface area contributed by atoms with Crippen LogP contribution in [-0.2, 0) is 6.42 Å². The second-order valence-corrected chi connectivity index (χ2v) is 7.87. The monoisotopic (exact) mass is 493 g/mol. The number of hydrogen-bond acceptors (Lipinski definition) is 4. The summed E-state index contributed by atoms with van der Waals surface area (Å²) in [6, 6.07) is 12.9. The molecule has 0 aliphatic rings. The SMILES string of the molecule is O=c1[nH]c2ccc(Br)cc2cc1-c1noc(Cc2cc(Cl)ccc2Br)n1. The molecule has 0 amide bonds. The first-order chi connectivity index (χ1) is 12.5. The fourth-order valence-electron chi connectivity index (χ4n) is 2.62. The lowest BCUT2D eigenvalue weighted by atomic mass is 10.1. The second kappa shape index (κ2) is 6.98. The van der Waals surface area contributed by atoms with E-state index in [9.17, 15) is 4.79 Å². The van der Waals surface area contributed by atoms with Crippen molar-refractivity contribution < 1.29 is 4.52 Å². The molecule has 0 bridgehead atoms. The zero-order valence-electron chi connectivity index (χ0n) is 13.1. The zero-order chi connectivity index (χ0) is 18.3. The van der Waals surface area contributed by atoms with E-state index in [0.717, 1.165) is 25.4 Å². The lowest BCUT2D eigenvalue weighted by Crippen LogP contribution is -2.09. The van der Waals surface area contributed by atoms with E-state index >= 15 is 0 Å². The lowest BCUT2D eigenvalue weighted by Gasteiger charge is -2.01. The Morgan fingerprint density at radius 1 is 1.12 bits per heavy atom. The highest BCUT2D eigenvalue weighted by Gasteiger charge is 2.15. The number of hydrogen-bond donors (Lipinski definition) is 1. The van der Waals surface area contributed by atoms with Gasteiger partial charge in [0.25, 0.3) is 5.56 Å². The van der Waals surface area contributed by atoms with Crippen LogP contribution in [0, 0.1) is 0 Å². The Morgan fingerprint density at radius 3 is 2.81 bits per heavy atom. The molecule has 4 aromatic rings. The highest BCUT2D eigenvalue weighted by Crippen LogP contribution is 2.25. The van der Waals surface area contributed by atoms with E-state index in [4.69, 9.17) is 16.1 Å². The molecular formula is C18H10Br2ClN3O2. The standard InChI is InChI=1S/C18H10Br2ClN3O2/c19-11-1-4-15-10(5-11)7-13(18(25)22-15)17-23-16(26-24-17)8-9-6-12(21)2-3-14(9)20/h1-7H,8H2,(H,22,25). The number of pyridine rings is 1. The molecule has 0 fully saturated rings. The third-order valence-corrected chi connectivity index (χ3v) is 5.37. The molecule has 0 radical (unpaired) electrons. The van der Waals surface area contributed by atoms with Crippen LogP contribution in [0.1, 0.15) is 11.5 Å². The first-order valence-electron chi connectivity index (χ1n) is 7.59. The van der Waals surface area contributed by atoms with Crippen molar-refractivity contribution in [2.45, 2.75) is 6.42 Å². The third-order valence-electron chi connectivity index (χ3n) is 3.86. The Balaban J connectivity index is 1.72. The number of nitrogens with zero attached hydrogens (tertiary/aromatic N) is 2. The van der Waals surface area contributed by atoms with Crippen LogP contribution in [0.4, 0.5) is 0 Å². The van der Waals surface area contributed by atoms with E-state index < -0.39 is 0 Å². The van der Waals surface area contributed by atoms with Crippen molar-refractivity contribution >= 4 is 54.4 Å². The fourth-order valence-corrected chi connectivity index (χ4v) is 3.58. The van der Waals surface area contributed by atoms with Gasteiger partial charge in [0, 0.05) is 24.9 Å². The smallest absolute Gasteiger partial charge is 0.259 e. The summed E-state index contributed by atoms with van der Waals surface area (Å²) in [5, 5.41) is 5.46. The number of benzene rings is 2. The molecule has 0 aliphatic carbocycles. The Bertz CT molecular complexity index is 1190. The Hall–Kier alpha value is -1.96. The van der Waals surface area contributed by atoms with Crippen LogP contribution in [0.25, 0.3) is 22.3 Å². The van der Waals surface area contributed by atoms with Gasteiger partial charge in [0.2, 0.25) is 11.7 Å². The maximum atomic E-state index is 12.4. The maximum absolute atomic E-state index is 12.4. The van der Waals surface area contributed by atoms with Gasteiger partial charge in [-0.05, 0) is 48.0 Å². The van der Waals surface area contributed by atoms with E-state index in [1.54, 1.807) is 12.1 Å². The fraction of sp³-hybridized carbons (Fsp3) is 0.0556. The Kier molecular flexibility index (Phi) is 4.69. The van der Waals surface area contributed by atoms with Gasteiger partial charge in [-0.3, -0.25) is 4.79 Å². The van der Waals surface area contributed by atoms with Gasteiger partial charge in [-0.2, -0.15) is 4.98 Å². The van der Waals surface area contributed by atoms with E-state index in [1.165, 1.54) is 0 Å². The zero-order valence-corrected chi connectivity index (χ0v) is 17.0. The van der Waals surface area contributed by atoms with Crippen LogP contribution in [0.2, 0.25) is 5.02 Å². The Morgan fingerprint density at radius 2 is 1.96 bits per heavy atom. The molecule has 2 heterocycles. The van der Waals surface area contributed by atoms with Gasteiger partial charge in [0.05, 0.1) is 12.0 Å². The highest BCUT2D eigenvalue weighted by atomic mass is 79.9. The molecule has 0 saturated carbocycles. The minimum absolute atomic E-state index is 0.251. The van der Waals surface area contributed by atoms with Crippen molar-refractivity contribution in [3.05, 3.63) is 78.2 Å². The van der Waals surface area contributed by atoms with E-state index in [1.807, 2.05) is 30.3 Å². The minimum atomic E-state index is -0.267. The quantitative estimate of drug-likeness (QED) is 0.416.